The van der Waals surface area contributed by atoms with Crippen LogP contribution >= 0.6 is 34.2 Å². The average molecular weight is 398 g/mol. The van der Waals surface area contributed by atoms with Gasteiger partial charge in [0.05, 0.1) is 11.4 Å². The third-order valence-corrected chi connectivity index (χ3v) is 4.13. The van der Waals surface area contributed by atoms with Crippen molar-refractivity contribution in [1.82, 2.24) is 0 Å². The van der Waals surface area contributed by atoms with E-state index in [0.717, 1.165) is 9.13 Å². The average Bonchev–Trinajstić information content (AvgIpc) is 2.76. The Morgan fingerprint density at radius 3 is 2.80 bits per heavy atom. The van der Waals surface area contributed by atoms with E-state index in [-0.39, 0.29) is 11.7 Å². The molecule has 0 aliphatic carbocycles. The van der Waals surface area contributed by atoms with Gasteiger partial charge in [-0.05, 0) is 52.4 Å². The van der Waals surface area contributed by atoms with E-state index >= 15 is 0 Å². The molecule has 0 atom stereocenters. The maximum atomic E-state index is 12.5. The number of halogens is 2. The van der Waals surface area contributed by atoms with E-state index in [1.54, 1.807) is 18.2 Å². The number of benzene rings is 2. The molecule has 5 heteroatoms. The highest BCUT2D eigenvalue weighted by molar-refractivity contribution is 14.1. The molecule has 1 N–H and O–H groups in total. The number of carbonyl (C=O) groups is 2. The van der Waals surface area contributed by atoms with Crippen LogP contribution in [0.4, 0.5) is 5.69 Å². The maximum Gasteiger partial charge on any atom is 0.228 e. The molecule has 20 heavy (non-hydrogen) atoms. The summed E-state index contributed by atoms with van der Waals surface area (Å²) in [5.74, 6) is -0.203. The topological polar surface area (TPSA) is 46.2 Å². The molecule has 3 rings (SSSR count). The number of ketones is 1. The SMILES string of the molecule is O=C1Cc2cc(C(=O)c3cccc(I)c3)c(Cl)cc2N1. The summed E-state index contributed by atoms with van der Waals surface area (Å²) in [5.41, 5.74) is 2.53. The van der Waals surface area contributed by atoms with Gasteiger partial charge in [0, 0.05) is 20.4 Å². The lowest BCUT2D eigenvalue weighted by Gasteiger charge is -2.07. The van der Waals surface area contributed by atoms with Crippen molar-refractivity contribution < 1.29 is 9.59 Å². The van der Waals surface area contributed by atoms with Crippen molar-refractivity contribution in [1.29, 1.82) is 0 Å². The fourth-order valence-electron chi connectivity index (χ4n) is 2.21. The first-order valence-corrected chi connectivity index (χ1v) is 7.43. The van der Waals surface area contributed by atoms with Gasteiger partial charge in [0.25, 0.3) is 0 Å². The second-order valence-corrected chi connectivity index (χ2v) is 6.21. The summed E-state index contributed by atoms with van der Waals surface area (Å²) in [7, 11) is 0. The monoisotopic (exact) mass is 397 g/mol. The van der Waals surface area contributed by atoms with Gasteiger partial charge in [0.2, 0.25) is 5.91 Å². The lowest BCUT2D eigenvalue weighted by atomic mass is 10.00. The third-order valence-electron chi connectivity index (χ3n) is 3.15. The molecular weight excluding hydrogens is 389 g/mol. The minimum Gasteiger partial charge on any atom is -0.325 e. The van der Waals surface area contributed by atoms with Gasteiger partial charge in [-0.2, -0.15) is 0 Å². The third kappa shape index (κ3) is 2.45. The predicted molar refractivity (Wildman–Crippen MR) is 86.4 cm³/mol. The normalized spacial score (nSPS) is 13.0. The maximum absolute atomic E-state index is 12.5. The van der Waals surface area contributed by atoms with Crippen LogP contribution in [-0.2, 0) is 11.2 Å². The van der Waals surface area contributed by atoms with Crippen LogP contribution in [0.3, 0.4) is 0 Å². The molecule has 0 radical (unpaired) electrons. The standard InChI is InChI=1S/C15H9ClINO2/c16-12-7-13-9(6-14(19)18-13)5-11(12)15(20)8-2-1-3-10(17)4-8/h1-5,7H,6H2,(H,18,19). The molecule has 1 aliphatic rings. The predicted octanol–water partition coefficient (Wildman–Crippen LogP) is 3.67. The van der Waals surface area contributed by atoms with Gasteiger partial charge >= 0.3 is 0 Å². The first-order valence-electron chi connectivity index (χ1n) is 5.97. The number of hydrogen-bond donors (Lipinski definition) is 1. The van der Waals surface area contributed by atoms with Crippen molar-refractivity contribution in [2.45, 2.75) is 6.42 Å². The molecule has 3 nitrogen and oxygen atoms in total. The van der Waals surface area contributed by atoms with E-state index in [4.69, 9.17) is 11.6 Å². The molecule has 1 aliphatic heterocycles. The van der Waals surface area contributed by atoms with Crippen molar-refractivity contribution in [3.8, 4) is 0 Å². The number of amides is 1. The van der Waals surface area contributed by atoms with E-state index in [1.807, 2.05) is 18.2 Å². The minimum atomic E-state index is -0.129. The van der Waals surface area contributed by atoms with E-state index in [2.05, 4.69) is 27.9 Å². The van der Waals surface area contributed by atoms with Crippen molar-refractivity contribution >= 4 is 51.6 Å². The number of hydrogen-bond acceptors (Lipinski definition) is 2. The first kappa shape index (κ1) is 13.6. The summed E-state index contributed by atoms with van der Waals surface area (Å²) in [6.07, 6.45) is 0.291. The zero-order valence-corrected chi connectivity index (χ0v) is 13.2. The summed E-state index contributed by atoms with van der Waals surface area (Å²) in [6, 6.07) is 10.7. The molecule has 100 valence electrons. The molecular formula is C15H9ClINO2. The van der Waals surface area contributed by atoms with Gasteiger partial charge in [-0.1, -0.05) is 23.7 Å². The van der Waals surface area contributed by atoms with Crippen LogP contribution in [0.25, 0.3) is 0 Å². The highest BCUT2D eigenvalue weighted by Crippen LogP contribution is 2.31. The van der Waals surface area contributed by atoms with Gasteiger partial charge in [-0.3, -0.25) is 9.59 Å². The molecule has 0 bridgehead atoms. The zero-order chi connectivity index (χ0) is 14.3. The van der Waals surface area contributed by atoms with E-state index in [0.29, 0.717) is 28.3 Å². The lowest BCUT2D eigenvalue weighted by Crippen LogP contribution is -2.03. The van der Waals surface area contributed by atoms with Crippen molar-refractivity contribution in [2.24, 2.45) is 0 Å². The van der Waals surface area contributed by atoms with Crippen LogP contribution in [0.1, 0.15) is 21.5 Å². The van der Waals surface area contributed by atoms with Gasteiger partial charge in [0.1, 0.15) is 0 Å². The molecule has 2 aromatic carbocycles. The second-order valence-electron chi connectivity index (χ2n) is 4.55. The molecule has 1 amide bonds. The van der Waals surface area contributed by atoms with E-state index in [9.17, 15) is 9.59 Å². The molecule has 0 unspecified atom stereocenters. The second kappa shape index (κ2) is 5.18. The Hall–Kier alpha value is -1.40. The number of nitrogens with one attached hydrogen (secondary N) is 1. The largest absolute Gasteiger partial charge is 0.325 e. The molecule has 1 heterocycles. The number of carbonyl (C=O) groups excluding carboxylic acids is 2. The Balaban J connectivity index is 2.05. The number of fused-ring (bicyclic) bond motifs is 1. The zero-order valence-electron chi connectivity index (χ0n) is 10.2. The summed E-state index contributed by atoms with van der Waals surface area (Å²) >= 11 is 8.33. The Kier molecular flexibility index (Phi) is 3.52. The Morgan fingerprint density at radius 2 is 2.05 bits per heavy atom. The van der Waals surface area contributed by atoms with Gasteiger partial charge < -0.3 is 5.32 Å². The Bertz CT molecular complexity index is 743. The van der Waals surface area contributed by atoms with Gasteiger partial charge in [-0.25, -0.2) is 0 Å². The quantitative estimate of drug-likeness (QED) is 0.621. The van der Waals surface area contributed by atoms with Crippen LogP contribution in [0.2, 0.25) is 5.02 Å². The lowest BCUT2D eigenvalue weighted by molar-refractivity contribution is -0.115. The Morgan fingerprint density at radius 1 is 1.25 bits per heavy atom. The first-order chi connectivity index (χ1) is 9.54. The summed E-state index contributed by atoms with van der Waals surface area (Å²) in [4.78, 5) is 23.9. The van der Waals surface area contributed by atoms with E-state index in [1.165, 1.54) is 0 Å². The van der Waals surface area contributed by atoms with Crippen LogP contribution in [0.5, 0.6) is 0 Å². The molecule has 0 aromatic heterocycles. The number of anilines is 1. The minimum absolute atomic E-state index is 0.0741. The summed E-state index contributed by atoms with van der Waals surface area (Å²) in [6.45, 7) is 0. The Labute approximate surface area is 134 Å². The van der Waals surface area contributed by atoms with Crippen molar-refractivity contribution in [2.75, 3.05) is 5.32 Å². The molecule has 0 saturated heterocycles. The smallest absolute Gasteiger partial charge is 0.228 e. The van der Waals surface area contributed by atoms with E-state index < -0.39 is 0 Å². The van der Waals surface area contributed by atoms with Crippen LogP contribution in [0, 0.1) is 3.57 Å². The molecule has 0 saturated carbocycles. The summed E-state index contributed by atoms with van der Waals surface area (Å²) in [5, 5.41) is 3.07. The van der Waals surface area contributed by atoms with Gasteiger partial charge in [-0.15, -0.1) is 0 Å². The van der Waals surface area contributed by atoms with Crippen LogP contribution < -0.4 is 5.32 Å². The van der Waals surface area contributed by atoms with Crippen LogP contribution in [-0.4, -0.2) is 11.7 Å². The molecule has 2 aromatic rings. The van der Waals surface area contributed by atoms with Crippen LogP contribution in [0.15, 0.2) is 36.4 Å². The number of rotatable bonds is 2. The highest BCUT2D eigenvalue weighted by atomic mass is 127. The summed E-state index contributed by atoms with van der Waals surface area (Å²) < 4.78 is 0.988. The molecule has 0 fully saturated rings. The van der Waals surface area contributed by atoms with Crippen molar-refractivity contribution in [3.05, 3.63) is 61.7 Å². The molecule has 0 spiro atoms. The van der Waals surface area contributed by atoms with Gasteiger partial charge in [0.15, 0.2) is 5.78 Å². The van der Waals surface area contributed by atoms with Crippen molar-refractivity contribution in [3.63, 3.8) is 0 Å². The highest BCUT2D eigenvalue weighted by Gasteiger charge is 2.22. The fraction of sp³-hybridized carbons (Fsp3) is 0.0667. The fourth-order valence-corrected chi connectivity index (χ4v) is 3.00.